The standard InChI is InChI=1S/C13H18N6O5/c14-12-16-10(18-13(1-2-13)5-23-21)9-11(17-12)19(6-15-9)7-4-22-8(3-20)24-7/h6-8,20-21H,1-5H2,(H3,14,16,17,18). The van der Waals surface area contributed by atoms with E-state index in [1.54, 1.807) is 10.9 Å². The van der Waals surface area contributed by atoms with Crippen molar-refractivity contribution in [2.45, 2.75) is 30.9 Å². The van der Waals surface area contributed by atoms with Crippen LogP contribution in [0.25, 0.3) is 11.2 Å². The lowest BCUT2D eigenvalue weighted by Crippen LogP contribution is -2.28. The molecule has 0 spiro atoms. The van der Waals surface area contributed by atoms with Gasteiger partial charge in [0.25, 0.3) is 0 Å². The summed E-state index contributed by atoms with van der Waals surface area (Å²) < 4.78 is 12.6. The summed E-state index contributed by atoms with van der Waals surface area (Å²) >= 11 is 0. The van der Waals surface area contributed by atoms with Crippen LogP contribution in [0.3, 0.4) is 0 Å². The van der Waals surface area contributed by atoms with Crippen LogP contribution in [0.1, 0.15) is 19.1 Å². The molecule has 1 saturated carbocycles. The van der Waals surface area contributed by atoms with Gasteiger partial charge in [-0.2, -0.15) is 9.97 Å². The third-order valence-electron chi connectivity index (χ3n) is 4.21. The summed E-state index contributed by atoms with van der Waals surface area (Å²) in [6, 6.07) is 0. The lowest BCUT2D eigenvalue weighted by molar-refractivity contribution is -0.245. The maximum absolute atomic E-state index is 9.11. The lowest BCUT2D eigenvalue weighted by atomic mass is 10.3. The molecule has 11 nitrogen and oxygen atoms in total. The van der Waals surface area contributed by atoms with Crippen LogP contribution in [0.4, 0.5) is 11.8 Å². The maximum atomic E-state index is 9.11. The Hall–Kier alpha value is -2.05. The highest BCUT2D eigenvalue weighted by molar-refractivity contribution is 5.84. The Kier molecular flexibility index (Phi) is 3.73. The van der Waals surface area contributed by atoms with Crippen LogP contribution in [0.5, 0.6) is 0 Å². The van der Waals surface area contributed by atoms with E-state index in [0.29, 0.717) is 17.0 Å². The number of rotatable bonds is 6. The molecule has 0 amide bonds. The molecule has 24 heavy (non-hydrogen) atoms. The third-order valence-corrected chi connectivity index (χ3v) is 4.21. The number of anilines is 2. The summed E-state index contributed by atoms with van der Waals surface area (Å²) in [6.07, 6.45) is 2.14. The van der Waals surface area contributed by atoms with Gasteiger partial charge in [-0.25, -0.2) is 9.87 Å². The zero-order valence-electron chi connectivity index (χ0n) is 12.8. The molecular weight excluding hydrogens is 320 g/mol. The number of nitrogen functional groups attached to an aromatic ring is 1. The minimum Gasteiger partial charge on any atom is -0.391 e. The first-order chi connectivity index (χ1) is 11.6. The second kappa shape index (κ2) is 5.79. The van der Waals surface area contributed by atoms with E-state index in [1.807, 2.05) is 0 Å². The summed E-state index contributed by atoms with van der Waals surface area (Å²) in [7, 11) is 0. The van der Waals surface area contributed by atoms with E-state index >= 15 is 0 Å². The first-order valence-electron chi connectivity index (χ1n) is 7.57. The molecule has 1 saturated heterocycles. The number of nitrogens with two attached hydrogens (primary N) is 1. The van der Waals surface area contributed by atoms with Gasteiger partial charge in [0.1, 0.15) is 6.61 Å². The zero-order chi connectivity index (χ0) is 16.7. The van der Waals surface area contributed by atoms with Gasteiger partial charge in [-0.3, -0.25) is 9.82 Å². The van der Waals surface area contributed by atoms with Crippen LogP contribution in [0, 0.1) is 0 Å². The lowest BCUT2D eigenvalue weighted by Gasteiger charge is -2.17. The topological polar surface area (TPSA) is 150 Å². The predicted octanol–water partition coefficient (Wildman–Crippen LogP) is -0.294. The van der Waals surface area contributed by atoms with Crippen molar-refractivity contribution in [1.82, 2.24) is 19.5 Å². The molecule has 3 heterocycles. The van der Waals surface area contributed by atoms with Crippen LogP contribution >= 0.6 is 0 Å². The Labute approximate surface area is 136 Å². The number of aromatic nitrogens is 4. The first kappa shape index (κ1) is 15.5. The van der Waals surface area contributed by atoms with Crippen molar-refractivity contribution >= 4 is 22.9 Å². The number of hydrogen-bond donors (Lipinski definition) is 4. The van der Waals surface area contributed by atoms with Crippen LogP contribution in [0.15, 0.2) is 6.33 Å². The van der Waals surface area contributed by atoms with E-state index in [9.17, 15) is 0 Å². The van der Waals surface area contributed by atoms with Gasteiger partial charge in [0.2, 0.25) is 5.95 Å². The number of fused-ring (bicyclic) bond motifs is 1. The van der Waals surface area contributed by atoms with Gasteiger partial charge in [-0.15, -0.1) is 0 Å². The van der Waals surface area contributed by atoms with Gasteiger partial charge in [0, 0.05) is 0 Å². The van der Waals surface area contributed by atoms with Gasteiger partial charge < -0.3 is 25.6 Å². The van der Waals surface area contributed by atoms with Crippen LogP contribution in [0.2, 0.25) is 0 Å². The summed E-state index contributed by atoms with van der Waals surface area (Å²) in [5, 5.41) is 21.1. The van der Waals surface area contributed by atoms with Crippen molar-refractivity contribution in [3.63, 3.8) is 0 Å². The van der Waals surface area contributed by atoms with Gasteiger partial charge in [0.15, 0.2) is 29.5 Å². The Morgan fingerprint density at radius 2 is 2.29 bits per heavy atom. The molecule has 2 aromatic rings. The van der Waals surface area contributed by atoms with Crippen molar-refractivity contribution in [1.29, 1.82) is 0 Å². The van der Waals surface area contributed by atoms with E-state index in [1.165, 1.54) is 0 Å². The molecule has 2 aliphatic rings. The molecule has 11 heteroatoms. The van der Waals surface area contributed by atoms with Crippen LogP contribution in [-0.2, 0) is 14.4 Å². The highest BCUT2D eigenvalue weighted by atomic mass is 17.1. The summed E-state index contributed by atoms with van der Waals surface area (Å²) in [5.74, 6) is 0.563. The van der Waals surface area contributed by atoms with Crippen molar-refractivity contribution < 1.29 is 24.7 Å². The summed E-state index contributed by atoms with van der Waals surface area (Å²) in [5.41, 5.74) is 6.49. The fourth-order valence-electron chi connectivity index (χ4n) is 2.75. The second-order valence-corrected chi connectivity index (χ2v) is 5.97. The summed E-state index contributed by atoms with van der Waals surface area (Å²) in [6.45, 7) is 0.194. The smallest absolute Gasteiger partial charge is 0.224 e. The predicted molar refractivity (Wildman–Crippen MR) is 80.9 cm³/mol. The molecule has 1 aliphatic carbocycles. The van der Waals surface area contributed by atoms with Crippen molar-refractivity contribution in [3.05, 3.63) is 6.33 Å². The Morgan fingerprint density at radius 3 is 2.96 bits per heavy atom. The molecule has 5 N–H and O–H groups in total. The molecule has 0 radical (unpaired) electrons. The molecule has 2 atom stereocenters. The van der Waals surface area contributed by atoms with E-state index in [2.05, 4.69) is 25.2 Å². The Balaban J connectivity index is 1.67. The molecule has 4 rings (SSSR count). The molecule has 1 aliphatic heterocycles. The van der Waals surface area contributed by atoms with E-state index < -0.39 is 12.5 Å². The molecule has 2 fully saturated rings. The fourth-order valence-corrected chi connectivity index (χ4v) is 2.75. The molecule has 0 aromatic carbocycles. The molecule has 0 bridgehead atoms. The quantitative estimate of drug-likeness (QED) is 0.408. The van der Waals surface area contributed by atoms with E-state index in [0.717, 1.165) is 12.8 Å². The highest BCUT2D eigenvalue weighted by Crippen LogP contribution is 2.40. The molecular formula is C13H18N6O5. The van der Waals surface area contributed by atoms with Gasteiger partial charge in [-0.05, 0) is 12.8 Å². The number of hydrogen-bond acceptors (Lipinski definition) is 10. The van der Waals surface area contributed by atoms with Gasteiger partial charge >= 0.3 is 0 Å². The van der Waals surface area contributed by atoms with Crippen LogP contribution in [-0.4, -0.2) is 61.5 Å². The Morgan fingerprint density at radius 1 is 1.46 bits per heavy atom. The normalized spacial score (nSPS) is 25.2. The average molecular weight is 338 g/mol. The molecule has 130 valence electrons. The van der Waals surface area contributed by atoms with Crippen molar-refractivity contribution in [2.75, 3.05) is 30.9 Å². The van der Waals surface area contributed by atoms with Gasteiger partial charge in [-0.1, -0.05) is 0 Å². The molecule has 2 unspecified atom stereocenters. The highest BCUT2D eigenvalue weighted by Gasteiger charge is 2.44. The SMILES string of the molecule is Nc1nc(NC2(COO)CC2)c2ncn(C3COC(CO)O3)c2n1. The van der Waals surface area contributed by atoms with E-state index in [-0.39, 0.29) is 31.3 Å². The number of nitrogens with one attached hydrogen (secondary N) is 1. The molecule has 2 aromatic heterocycles. The minimum atomic E-state index is -0.666. The zero-order valence-corrected chi connectivity index (χ0v) is 12.8. The average Bonchev–Trinajstić information content (AvgIpc) is 2.99. The number of aliphatic hydroxyl groups is 1. The fraction of sp³-hybridized carbons (Fsp3) is 0.615. The number of aliphatic hydroxyl groups excluding tert-OH is 1. The number of imidazole rings is 1. The minimum absolute atomic E-state index is 0.0880. The third kappa shape index (κ3) is 2.65. The largest absolute Gasteiger partial charge is 0.391 e. The maximum Gasteiger partial charge on any atom is 0.224 e. The number of nitrogens with zero attached hydrogens (tertiary/aromatic N) is 4. The van der Waals surface area contributed by atoms with Crippen LogP contribution < -0.4 is 11.1 Å². The summed E-state index contributed by atoms with van der Waals surface area (Å²) in [4.78, 5) is 17.1. The van der Waals surface area contributed by atoms with Crippen molar-refractivity contribution in [2.24, 2.45) is 0 Å². The number of ether oxygens (including phenoxy) is 2. The second-order valence-electron chi connectivity index (χ2n) is 5.97. The van der Waals surface area contributed by atoms with Gasteiger partial charge in [0.05, 0.1) is 25.1 Å². The van der Waals surface area contributed by atoms with E-state index in [4.69, 9.17) is 25.6 Å². The first-order valence-corrected chi connectivity index (χ1v) is 7.57. The Bertz CT molecular complexity index is 748. The van der Waals surface area contributed by atoms with Crippen molar-refractivity contribution in [3.8, 4) is 0 Å². The monoisotopic (exact) mass is 338 g/mol.